The number of carbonyl (C=O) groups is 2. The van der Waals surface area contributed by atoms with Gasteiger partial charge in [0.05, 0.1) is 18.4 Å². The molecule has 1 N–H and O–H groups in total. The van der Waals surface area contributed by atoms with E-state index in [0.717, 1.165) is 50.7 Å². The van der Waals surface area contributed by atoms with Crippen molar-refractivity contribution in [3.05, 3.63) is 53.7 Å². The van der Waals surface area contributed by atoms with Crippen molar-refractivity contribution in [2.24, 2.45) is 0 Å². The van der Waals surface area contributed by atoms with Gasteiger partial charge in [-0.1, -0.05) is 30.3 Å². The number of ether oxygens (including phenoxy) is 1. The Morgan fingerprint density at radius 1 is 1.02 bits per heavy atom. The number of hydrogen-bond acceptors (Lipinski definition) is 10. The van der Waals surface area contributed by atoms with E-state index in [0.29, 0.717) is 29.6 Å². The van der Waals surface area contributed by atoms with Gasteiger partial charge in [0.25, 0.3) is 5.91 Å². The average Bonchev–Trinajstić information content (AvgIpc) is 3.45. The van der Waals surface area contributed by atoms with E-state index in [1.165, 1.54) is 31.0 Å². The first-order valence-electron chi connectivity index (χ1n) is 14.6. The van der Waals surface area contributed by atoms with Crippen molar-refractivity contribution >= 4 is 29.4 Å². The van der Waals surface area contributed by atoms with Crippen LogP contribution >= 0.6 is 11.8 Å². The molecule has 5 rings (SSSR count). The molecule has 2 amide bonds. The van der Waals surface area contributed by atoms with E-state index in [4.69, 9.17) is 4.74 Å². The van der Waals surface area contributed by atoms with E-state index in [9.17, 15) is 9.59 Å². The molecule has 2 aliphatic heterocycles. The Bertz CT molecular complexity index is 1300. The Balaban J connectivity index is 1.05. The van der Waals surface area contributed by atoms with E-state index in [1.807, 2.05) is 43.0 Å². The molecule has 0 aliphatic carbocycles. The molecule has 0 spiro atoms. The van der Waals surface area contributed by atoms with Crippen molar-refractivity contribution in [2.75, 3.05) is 52.1 Å². The van der Waals surface area contributed by atoms with Gasteiger partial charge < -0.3 is 19.9 Å². The second-order valence-corrected chi connectivity index (χ2v) is 12.3. The van der Waals surface area contributed by atoms with Crippen molar-refractivity contribution in [3.8, 4) is 5.88 Å². The summed E-state index contributed by atoms with van der Waals surface area (Å²) in [5.74, 6) is -0.0184. The van der Waals surface area contributed by atoms with Crippen LogP contribution in [0, 0.1) is 0 Å². The second-order valence-electron chi connectivity index (χ2n) is 11.0. The van der Waals surface area contributed by atoms with Gasteiger partial charge in [-0.15, -0.1) is 5.10 Å². The molecule has 2 saturated heterocycles. The van der Waals surface area contributed by atoms with Crippen LogP contribution in [0.1, 0.15) is 48.0 Å². The third-order valence-electron chi connectivity index (χ3n) is 7.49. The molecule has 2 aromatic heterocycles. The minimum Gasteiger partial charge on any atom is -0.391 e. The first kappa shape index (κ1) is 29.9. The largest absolute Gasteiger partial charge is 0.416 e. The predicted molar refractivity (Wildman–Crippen MR) is 161 cm³/mol. The molecule has 42 heavy (non-hydrogen) atoms. The summed E-state index contributed by atoms with van der Waals surface area (Å²) in [5, 5.41) is 16.1. The van der Waals surface area contributed by atoms with Crippen molar-refractivity contribution in [3.63, 3.8) is 0 Å². The maximum Gasteiger partial charge on any atom is 0.416 e. The summed E-state index contributed by atoms with van der Waals surface area (Å²) in [5.41, 5.74) is 2.32. The molecule has 0 radical (unpaired) electrons. The Labute approximate surface area is 250 Å². The lowest BCUT2D eigenvalue weighted by molar-refractivity contribution is 0.102. The van der Waals surface area contributed by atoms with Crippen LogP contribution in [0.4, 0.5) is 10.5 Å². The topological polar surface area (TPSA) is 122 Å². The van der Waals surface area contributed by atoms with Crippen molar-refractivity contribution in [2.45, 2.75) is 55.6 Å². The number of rotatable bonds is 10. The molecule has 13 heteroatoms. The van der Waals surface area contributed by atoms with Crippen LogP contribution in [-0.2, 0) is 13.1 Å². The summed E-state index contributed by atoms with van der Waals surface area (Å²) in [7, 11) is 4.04. The van der Waals surface area contributed by atoms with Crippen molar-refractivity contribution in [1.82, 2.24) is 39.9 Å². The SMILES string of the molecule is CN(C)CCn1nnnc1SC1CCN(C(=O)Oc2ccc(NC(=O)c3ccc(CN4CCCCC4)cc3)cn2)CC1. The molecule has 4 heterocycles. The minimum atomic E-state index is -0.428. The van der Waals surface area contributed by atoms with Crippen molar-refractivity contribution < 1.29 is 14.3 Å². The van der Waals surface area contributed by atoms with Gasteiger partial charge in [0.1, 0.15) is 0 Å². The molecule has 12 nitrogen and oxygen atoms in total. The molecular weight excluding hydrogens is 554 g/mol. The maximum absolute atomic E-state index is 12.7. The minimum absolute atomic E-state index is 0.191. The Morgan fingerprint density at radius 2 is 1.79 bits per heavy atom. The number of anilines is 1. The second kappa shape index (κ2) is 14.6. The van der Waals surface area contributed by atoms with Crippen LogP contribution in [-0.4, -0.2) is 104 Å². The Kier molecular flexibility index (Phi) is 10.4. The Morgan fingerprint density at radius 3 is 2.48 bits per heavy atom. The summed E-state index contributed by atoms with van der Waals surface area (Å²) < 4.78 is 7.33. The molecule has 0 unspecified atom stereocenters. The van der Waals surface area contributed by atoms with Gasteiger partial charge in [-0.05, 0) is 87.1 Å². The van der Waals surface area contributed by atoms with Crippen LogP contribution in [0.25, 0.3) is 0 Å². The van der Waals surface area contributed by atoms with Gasteiger partial charge in [0.2, 0.25) is 11.0 Å². The molecule has 0 bridgehead atoms. The number of nitrogens with one attached hydrogen (secondary N) is 1. The number of likely N-dealkylation sites (N-methyl/N-ethyl adjacent to an activating group) is 1. The molecule has 224 valence electrons. The van der Waals surface area contributed by atoms with Gasteiger partial charge in [-0.25, -0.2) is 14.5 Å². The van der Waals surface area contributed by atoms with E-state index in [1.54, 1.807) is 28.8 Å². The van der Waals surface area contributed by atoms with Crippen LogP contribution in [0.3, 0.4) is 0 Å². The predicted octanol–water partition coefficient (Wildman–Crippen LogP) is 3.62. The van der Waals surface area contributed by atoms with E-state index in [-0.39, 0.29) is 11.8 Å². The normalized spacial score (nSPS) is 16.5. The molecule has 3 aromatic rings. The fourth-order valence-corrected chi connectivity index (χ4v) is 6.11. The summed E-state index contributed by atoms with van der Waals surface area (Å²) in [4.78, 5) is 35.9. The van der Waals surface area contributed by atoms with Crippen LogP contribution in [0.5, 0.6) is 5.88 Å². The zero-order valence-electron chi connectivity index (χ0n) is 24.3. The summed E-state index contributed by atoms with van der Waals surface area (Å²) >= 11 is 1.66. The van der Waals surface area contributed by atoms with Gasteiger partial charge in [-0.2, -0.15) is 0 Å². The fraction of sp³-hybridized carbons (Fsp3) is 0.517. The highest BCUT2D eigenvalue weighted by molar-refractivity contribution is 7.99. The lowest BCUT2D eigenvalue weighted by atomic mass is 10.1. The van der Waals surface area contributed by atoms with Gasteiger partial charge in [0, 0.05) is 43.1 Å². The van der Waals surface area contributed by atoms with Crippen molar-refractivity contribution in [1.29, 1.82) is 0 Å². The number of pyridine rings is 1. The number of benzene rings is 1. The lowest BCUT2D eigenvalue weighted by Gasteiger charge is -2.30. The highest BCUT2D eigenvalue weighted by atomic mass is 32.2. The standard InChI is InChI=1S/C29H39N9O3S/c1-35(2)18-19-38-28(32-33-34-38)42-25-12-16-37(17-13-25)29(40)41-26-11-10-24(20-30-26)31-27(39)23-8-6-22(7-9-23)21-36-14-4-3-5-15-36/h6-11,20,25H,3-5,12-19,21H2,1-2H3,(H,31,39). The number of nitrogens with zero attached hydrogens (tertiary/aromatic N) is 8. The maximum atomic E-state index is 12.7. The van der Waals surface area contributed by atoms with Gasteiger partial charge in [0.15, 0.2) is 0 Å². The molecular formula is C29H39N9O3S. The van der Waals surface area contributed by atoms with Gasteiger partial charge >= 0.3 is 6.09 Å². The average molecular weight is 594 g/mol. The number of thioether (sulfide) groups is 1. The molecule has 1 aromatic carbocycles. The number of carbonyl (C=O) groups excluding carboxylic acids is 2. The Hall–Kier alpha value is -3.55. The third kappa shape index (κ3) is 8.49. The molecule has 0 atom stereocenters. The van der Waals surface area contributed by atoms with E-state index < -0.39 is 6.09 Å². The number of amides is 2. The van der Waals surface area contributed by atoms with Crippen LogP contribution in [0.2, 0.25) is 0 Å². The molecule has 2 fully saturated rings. The highest BCUT2D eigenvalue weighted by Crippen LogP contribution is 2.29. The van der Waals surface area contributed by atoms with Gasteiger partial charge in [-0.3, -0.25) is 9.69 Å². The third-order valence-corrected chi connectivity index (χ3v) is 8.80. The first-order valence-corrected chi connectivity index (χ1v) is 15.4. The zero-order valence-corrected chi connectivity index (χ0v) is 25.1. The van der Waals surface area contributed by atoms with E-state index in [2.05, 4.69) is 35.6 Å². The van der Waals surface area contributed by atoms with Crippen LogP contribution in [0.15, 0.2) is 47.8 Å². The molecule has 0 saturated carbocycles. The number of hydrogen-bond donors (Lipinski definition) is 1. The molecule has 2 aliphatic rings. The highest BCUT2D eigenvalue weighted by Gasteiger charge is 2.26. The quantitative estimate of drug-likeness (QED) is 0.373. The number of piperidine rings is 2. The number of tetrazole rings is 1. The number of aromatic nitrogens is 5. The van der Waals surface area contributed by atoms with Crippen LogP contribution < -0.4 is 10.1 Å². The smallest absolute Gasteiger partial charge is 0.391 e. The lowest BCUT2D eigenvalue weighted by Crippen LogP contribution is -2.41. The monoisotopic (exact) mass is 593 g/mol. The summed E-state index contributed by atoms with van der Waals surface area (Å²) in [6, 6.07) is 11.0. The first-order chi connectivity index (χ1) is 20.4. The van der Waals surface area contributed by atoms with E-state index >= 15 is 0 Å². The summed E-state index contributed by atoms with van der Waals surface area (Å²) in [6.45, 7) is 5.95. The number of likely N-dealkylation sites (tertiary alicyclic amines) is 2. The zero-order chi connectivity index (χ0) is 29.3. The fourth-order valence-electron chi connectivity index (χ4n) is 5.03. The summed E-state index contributed by atoms with van der Waals surface area (Å²) in [6.07, 6.45) is 6.53.